The van der Waals surface area contributed by atoms with Crippen molar-refractivity contribution >= 4 is 22.5 Å². The van der Waals surface area contributed by atoms with Crippen LogP contribution in [-0.4, -0.2) is 23.1 Å². The predicted octanol–water partition coefficient (Wildman–Crippen LogP) is 2.80. The minimum atomic E-state index is -0.300. The minimum Gasteiger partial charge on any atom is -0.497 e. The van der Waals surface area contributed by atoms with Gasteiger partial charge in [0.1, 0.15) is 5.75 Å². The van der Waals surface area contributed by atoms with Crippen molar-refractivity contribution in [2.75, 3.05) is 12.5 Å². The van der Waals surface area contributed by atoms with Crippen LogP contribution in [0.15, 0.2) is 48.7 Å². The molecule has 0 spiro atoms. The highest BCUT2D eigenvalue weighted by Gasteiger charge is 2.09. The van der Waals surface area contributed by atoms with Crippen LogP contribution in [0.4, 0.5) is 5.69 Å². The molecule has 25 heavy (non-hydrogen) atoms. The van der Waals surface area contributed by atoms with Crippen molar-refractivity contribution in [3.8, 4) is 5.75 Å². The summed E-state index contributed by atoms with van der Waals surface area (Å²) in [5.74, 6) is 0.410. The third-order valence-electron chi connectivity index (χ3n) is 4.08. The van der Waals surface area contributed by atoms with Gasteiger partial charge in [-0.25, -0.2) is 0 Å². The van der Waals surface area contributed by atoms with Gasteiger partial charge in [0.15, 0.2) is 0 Å². The van der Waals surface area contributed by atoms with Crippen LogP contribution in [0.5, 0.6) is 5.75 Å². The molecule has 3 aromatic rings. The van der Waals surface area contributed by atoms with Crippen LogP contribution in [0.25, 0.3) is 10.9 Å². The lowest BCUT2D eigenvalue weighted by Crippen LogP contribution is -2.29. The molecule has 2 aromatic carbocycles. The molecule has 0 saturated heterocycles. The number of amides is 1. The molecular weight excluding hydrogens is 318 g/mol. The summed E-state index contributed by atoms with van der Waals surface area (Å²) in [5.41, 5.74) is 9.19. The fourth-order valence-corrected chi connectivity index (χ4v) is 2.55. The Balaban J connectivity index is 1.78. The van der Waals surface area contributed by atoms with E-state index in [0.29, 0.717) is 11.3 Å². The van der Waals surface area contributed by atoms with Gasteiger partial charge >= 0.3 is 0 Å². The number of anilines is 1. The number of benzene rings is 2. The van der Waals surface area contributed by atoms with Crippen molar-refractivity contribution in [3.05, 3.63) is 65.4 Å². The van der Waals surface area contributed by atoms with Crippen LogP contribution in [-0.2, 0) is 6.61 Å². The van der Waals surface area contributed by atoms with Gasteiger partial charge in [0.2, 0.25) is 0 Å². The third kappa shape index (κ3) is 3.54. The maximum Gasteiger partial charge on any atom is 0.271 e. The predicted molar refractivity (Wildman–Crippen MR) is 96.5 cm³/mol. The second-order valence-electron chi connectivity index (χ2n) is 5.61. The smallest absolute Gasteiger partial charge is 0.271 e. The number of nitrogens with zero attached hydrogens (tertiary/aromatic N) is 1. The Morgan fingerprint density at radius 1 is 1.24 bits per heavy atom. The average molecular weight is 337 g/mol. The Kier molecular flexibility index (Phi) is 4.81. The number of pyridine rings is 1. The largest absolute Gasteiger partial charge is 0.497 e. The first-order valence-corrected chi connectivity index (χ1v) is 7.82. The van der Waals surface area contributed by atoms with Gasteiger partial charge in [0, 0.05) is 11.6 Å². The molecule has 1 heterocycles. The van der Waals surface area contributed by atoms with Crippen LogP contribution < -0.4 is 15.6 Å². The number of aromatic nitrogens is 1. The quantitative estimate of drug-likeness (QED) is 0.624. The lowest BCUT2D eigenvalue weighted by atomic mass is 10.1. The van der Waals surface area contributed by atoms with Gasteiger partial charge in [-0.1, -0.05) is 12.1 Å². The number of hydrogen-bond acceptors (Lipinski definition) is 5. The van der Waals surface area contributed by atoms with Gasteiger partial charge in [0.25, 0.3) is 5.91 Å². The maximum atomic E-state index is 12.4. The Morgan fingerprint density at radius 2 is 2.08 bits per heavy atom. The van der Waals surface area contributed by atoms with Crippen molar-refractivity contribution < 1.29 is 14.6 Å². The van der Waals surface area contributed by atoms with Crippen LogP contribution in [0.3, 0.4) is 0 Å². The van der Waals surface area contributed by atoms with Crippen molar-refractivity contribution in [3.63, 3.8) is 0 Å². The lowest BCUT2D eigenvalue weighted by Gasteiger charge is -2.13. The standard InChI is InChI=1S/C19H19N3O3/c1-12-13(11-23)4-3-5-17(12)21-22-19(24)15-8-14-9-16(25-2)6-7-18(14)20-10-15/h3-10,21,23H,11H2,1-2H3,(H,22,24). The number of carbonyl (C=O) groups excluding carboxylic acids is 1. The lowest BCUT2D eigenvalue weighted by molar-refractivity contribution is 0.0962. The zero-order valence-corrected chi connectivity index (χ0v) is 14.0. The molecule has 0 radical (unpaired) electrons. The summed E-state index contributed by atoms with van der Waals surface area (Å²) in [7, 11) is 1.60. The maximum absolute atomic E-state index is 12.4. The fraction of sp³-hybridized carbons (Fsp3) is 0.158. The number of aliphatic hydroxyl groups excluding tert-OH is 1. The fourth-order valence-electron chi connectivity index (χ4n) is 2.55. The van der Waals surface area contributed by atoms with Crippen molar-refractivity contribution in [1.29, 1.82) is 0 Å². The van der Waals surface area contributed by atoms with Crippen molar-refractivity contribution in [2.45, 2.75) is 13.5 Å². The van der Waals surface area contributed by atoms with E-state index in [-0.39, 0.29) is 12.5 Å². The van der Waals surface area contributed by atoms with Crippen molar-refractivity contribution in [2.24, 2.45) is 0 Å². The molecule has 0 unspecified atom stereocenters. The van der Waals surface area contributed by atoms with E-state index in [4.69, 9.17) is 4.74 Å². The Labute approximate surface area is 145 Å². The number of ether oxygens (including phenoxy) is 1. The first-order chi connectivity index (χ1) is 12.1. The molecule has 6 nitrogen and oxygen atoms in total. The highest BCUT2D eigenvalue weighted by atomic mass is 16.5. The molecule has 3 N–H and O–H groups in total. The Bertz CT molecular complexity index is 925. The minimum absolute atomic E-state index is 0.0499. The van der Waals surface area contributed by atoms with E-state index in [1.807, 2.05) is 43.3 Å². The monoisotopic (exact) mass is 337 g/mol. The highest BCUT2D eigenvalue weighted by Crippen LogP contribution is 2.21. The Hall–Kier alpha value is -3.12. The molecule has 1 amide bonds. The molecule has 3 rings (SSSR count). The summed E-state index contributed by atoms with van der Waals surface area (Å²) in [5, 5.41) is 10.1. The van der Waals surface area contributed by atoms with Gasteiger partial charge < -0.3 is 9.84 Å². The van der Waals surface area contributed by atoms with Gasteiger partial charge in [-0.05, 0) is 48.4 Å². The second kappa shape index (κ2) is 7.19. The summed E-state index contributed by atoms with van der Waals surface area (Å²) < 4.78 is 5.20. The zero-order chi connectivity index (χ0) is 17.8. The first-order valence-electron chi connectivity index (χ1n) is 7.82. The van der Waals surface area contributed by atoms with Crippen LogP contribution in [0, 0.1) is 6.92 Å². The summed E-state index contributed by atoms with van der Waals surface area (Å²) in [4.78, 5) is 16.7. The van der Waals surface area contributed by atoms with Crippen LogP contribution >= 0.6 is 0 Å². The number of hydrogen-bond donors (Lipinski definition) is 3. The van der Waals surface area contributed by atoms with Crippen LogP contribution in [0.1, 0.15) is 21.5 Å². The van der Waals surface area contributed by atoms with Crippen LogP contribution in [0.2, 0.25) is 0 Å². The molecule has 0 aliphatic heterocycles. The number of nitrogens with one attached hydrogen (secondary N) is 2. The SMILES string of the molecule is COc1ccc2ncc(C(=O)NNc3cccc(CO)c3C)cc2c1. The number of hydrazine groups is 1. The molecular formula is C19H19N3O3. The van der Waals surface area contributed by atoms with Crippen molar-refractivity contribution in [1.82, 2.24) is 10.4 Å². The Morgan fingerprint density at radius 3 is 2.84 bits per heavy atom. The molecule has 128 valence electrons. The molecule has 1 aromatic heterocycles. The first kappa shape index (κ1) is 16.7. The van der Waals surface area contributed by atoms with Gasteiger partial charge in [0.05, 0.1) is 30.5 Å². The highest BCUT2D eigenvalue weighted by molar-refractivity contribution is 5.98. The molecule has 0 fully saturated rings. The van der Waals surface area contributed by atoms with E-state index in [2.05, 4.69) is 15.8 Å². The normalized spacial score (nSPS) is 10.5. The van der Waals surface area contributed by atoms with E-state index in [9.17, 15) is 9.90 Å². The van der Waals surface area contributed by atoms with E-state index in [1.54, 1.807) is 13.2 Å². The molecule has 6 heteroatoms. The summed E-state index contributed by atoms with van der Waals surface area (Å²) in [6, 6.07) is 12.8. The molecule has 0 aliphatic carbocycles. The molecule has 0 bridgehead atoms. The van der Waals surface area contributed by atoms with Gasteiger partial charge in [-0.2, -0.15) is 0 Å². The van der Waals surface area contributed by atoms with E-state index >= 15 is 0 Å². The summed E-state index contributed by atoms with van der Waals surface area (Å²) in [6.45, 7) is 1.83. The molecule has 0 atom stereocenters. The topological polar surface area (TPSA) is 83.5 Å². The van der Waals surface area contributed by atoms with Gasteiger partial charge in [-0.3, -0.25) is 20.6 Å². The number of fused-ring (bicyclic) bond motifs is 1. The van der Waals surface area contributed by atoms with Gasteiger partial charge in [-0.15, -0.1) is 0 Å². The average Bonchev–Trinajstić information content (AvgIpc) is 2.66. The summed E-state index contributed by atoms with van der Waals surface area (Å²) >= 11 is 0. The number of rotatable bonds is 5. The van der Waals surface area contributed by atoms with E-state index < -0.39 is 0 Å². The zero-order valence-electron chi connectivity index (χ0n) is 14.0. The van der Waals surface area contributed by atoms with E-state index in [1.165, 1.54) is 6.20 Å². The molecule has 0 saturated carbocycles. The summed E-state index contributed by atoms with van der Waals surface area (Å²) in [6.07, 6.45) is 1.53. The number of methoxy groups -OCH3 is 1. The number of carbonyl (C=O) groups is 1. The number of aliphatic hydroxyl groups is 1. The second-order valence-corrected chi connectivity index (χ2v) is 5.61. The van der Waals surface area contributed by atoms with E-state index in [0.717, 1.165) is 27.7 Å². The third-order valence-corrected chi connectivity index (χ3v) is 4.08. The molecule has 0 aliphatic rings.